The average Bonchev–Trinajstić information content (AvgIpc) is 2.48. The summed E-state index contributed by atoms with van der Waals surface area (Å²) in [6, 6.07) is 14.6. The molecule has 0 spiro atoms. The van der Waals surface area contributed by atoms with Gasteiger partial charge >= 0.3 is 0 Å². The van der Waals surface area contributed by atoms with Crippen LogP contribution in [0.2, 0.25) is 0 Å². The monoisotopic (exact) mass is 254 g/mol. The molecule has 0 saturated heterocycles. The molecule has 0 aliphatic heterocycles. The third-order valence-electron chi connectivity index (χ3n) is 3.66. The van der Waals surface area contributed by atoms with E-state index in [2.05, 4.69) is 19.1 Å². The van der Waals surface area contributed by atoms with E-state index in [9.17, 15) is 5.26 Å². The van der Waals surface area contributed by atoms with Crippen LogP contribution in [0.5, 0.6) is 0 Å². The van der Waals surface area contributed by atoms with E-state index in [4.69, 9.17) is 5.26 Å². The minimum Gasteiger partial charge on any atom is -0.198 e. The Bertz CT molecular complexity index is 439. The van der Waals surface area contributed by atoms with Crippen LogP contribution >= 0.6 is 0 Å². The largest absolute Gasteiger partial charge is 0.198 e. The molecular weight excluding hydrogens is 232 g/mol. The maximum atomic E-state index is 9.65. The first-order valence-electron chi connectivity index (χ1n) is 7.13. The van der Waals surface area contributed by atoms with Crippen LogP contribution in [0.3, 0.4) is 0 Å². The van der Waals surface area contributed by atoms with Crippen LogP contribution in [-0.4, -0.2) is 0 Å². The molecule has 0 amide bonds. The van der Waals surface area contributed by atoms with E-state index in [1.807, 2.05) is 30.3 Å². The Labute approximate surface area is 116 Å². The molecule has 0 saturated carbocycles. The van der Waals surface area contributed by atoms with Gasteiger partial charge in [-0.2, -0.15) is 10.5 Å². The maximum absolute atomic E-state index is 9.65. The first-order valence-corrected chi connectivity index (χ1v) is 7.13. The Morgan fingerprint density at radius 3 is 2.32 bits per heavy atom. The molecule has 0 aromatic heterocycles. The fourth-order valence-corrected chi connectivity index (χ4v) is 2.47. The lowest BCUT2D eigenvalue weighted by Crippen LogP contribution is -2.24. The molecule has 2 heteroatoms. The van der Waals surface area contributed by atoms with Crippen LogP contribution in [0.4, 0.5) is 0 Å². The number of hydrogen-bond donors (Lipinski definition) is 0. The molecule has 1 aromatic carbocycles. The first kappa shape index (κ1) is 15.3. The van der Waals surface area contributed by atoms with E-state index in [1.165, 1.54) is 19.3 Å². The molecule has 100 valence electrons. The molecule has 0 unspecified atom stereocenters. The van der Waals surface area contributed by atoms with Crippen molar-refractivity contribution in [1.82, 2.24) is 0 Å². The van der Waals surface area contributed by atoms with Gasteiger partial charge in [-0.25, -0.2) is 0 Å². The highest BCUT2D eigenvalue weighted by Gasteiger charge is 2.31. The summed E-state index contributed by atoms with van der Waals surface area (Å²) in [6.45, 7) is 2.18. The molecule has 0 N–H and O–H groups in total. The van der Waals surface area contributed by atoms with Crippen LogP contribution in [0, 0.1) is 22.7 Å². The van der Waals surface area contributed by atoms with E-state index in [0.717, 1.165) is 18.4 Å². The second-order valence-corrected chi connectivity index (χ2v) is 5.03. The summed E-state index contributed by atoms with van der Waals surface area (Å²) in [5.41, 5.74) is 0.578. The Balaban J connectivity index is 2.83. The highest BCUT2D eigenvalue weighted by molar-refractivity contribution is 5.32. The van der Waals surface area contributed by atoms with Crippen LogP contribution < -0.4 is 0 Å². The van der Waals surface area contributed by atoms with Gasteiger partial charge in [-0.3, -0.25) is 0 Å². The second kappa shape index (κ2) is 8.33. The smallest absolute Gasteiger partial charge is 0.0832 e. The molecule has 0 bridgehead atoms. The third-order valence-corrected chi connectivity index (χ3v) is 3.66. The van der Waals surface area contributed by atoms with Crippen LogP contribution in [0.25, 0.3) is 0 Å². The van der Waals surface area contributed by atoms with Gasteiger partial charge in [-0.05, 0) is 18.4 Å². The molecule has 2 nitrogen and oxygen atoms in total. The molecule has 19 heavy (non-hydrogen) atoms. The molecule has 1 atom stereocenters. The van der Waals surface area contributed by atoms with Gasteiger partial charge in [0.15, 0.2) is 0 Å². The minimum atomic E-state index is -0.481. The Hall–Kier alpha value is -1.80. The average molecular weight is 254 g/mol. The van der Waals surface area contributed by atoms with Crippen LogP contribution in [0.15, 0.2) is 30.3 Å². The van der Waals surface area contributed by atoms with Crippen molar-refractivity contribution in [2.24, 2.45) is 0 Å². The van der Waals surface area contributed by atoms with Crippen LogP contribution in [0.1, 0.15) is 57.4 Å². The zero-order valence-electron chi connectivity index (χ0n) is 11.7. The number of hydrogen-bond acceptors (Lipinski definition) is 2. The second-order valence-electron chi connectivity index (χ2n) is 5.03. The summed E-state index contributed by atoms with van der Waals surface area (Å²) in [6.07, 6.45) is 6.57. The van der Waals surface area contributed by atoms with Gasteiger partial charge in [0.2, 0.25) is 0 Å². The van der Waals surface area contributed by atoms with Gasteiger partial charge in [0, 0.05) is 6.42 Å². The van der Waals surface area contributed by atoms with E-state index < -0.39 is 5.41 Å². The fraction of sp³-hybridized carbons (Fsp3) is 0.529. The van der Waals surface area contributed by atoms with Gasteiger partial charge in [0.1, 0.15) is 0 Å². The molecule has 0 heterocycles. The van der Waals surface area contributed by atoms with Gasteiger partial charge in [0.05, 0.1) is 17.6 Å². The predicted molar refractivity (Wildman–Crippen MR) is 77.3 cm³/mol. The zero-order chi connectivity index (χ0) is 14.0. The summed E-state index contributed by atoms with van der Waals surface area (Å²) < 4.78 is 0. The van der Waals surface area contributed by atoms with Crippen molar-refractivity contribution >= 4 is 0 Å². The summed E-state index contributed by atoms with van der Waals surface area (Å²) in [5, 5.41) is 18.5. The van der Waals surface area contributed by atoms with E-state index in [0.29, 0.717) is 12.8 Å². The predicted octanol–water partition coefficient (Wildman–Crippen LogP) is 4.72. The topological polar surface area (TPSA) is 47.6 Å². The van der Waals surface area contributed by atoms with E-state index >= 15 is 0 Å². The fourth-order valence-electron chi connectivity index (χ4n) is 2.47. The van der Waals surface area contributed by atoms with E-state index in [-0.39, 0.29) is 0 Å². The standard InChI is InChI=1S/C17H22N2/c1-2-3-4-8-12-17(15-19,13-9-14-18)16-10-6-5-7-11-16/h5-7,10-11H,2-4,8-9,12-13H2,1H3/t17-/m0/s1. The molecular formula is C17H22N2. The number of unbranched alkanes of at least 4 members (excludes halogenated alkanes) is 3. The molecule has 0 radical (unpaired) electrons. The summed E-state index contributed by atoms with van der Waals surface area (Å²) >= 11 is 0. The van der Waals surface area contributed by atoms with Crippen molar-refractivity contribution in [3.05, 3.63) is 35.9 Å². The number of benzene rings is 1. The summed E-state index contributed by atoms with van der Waals surface area (Å²) in [5.74, 6) is 0. The van der Waals surface area contributed by atoms with Gasteiger partial charge in [-0.15, -0.1) is 0 Å². The minimum absolute atomic E-state index is 0.441. The lowest BCUT2D eigenvalue weighted by atomic mass is 9.74. The van der Waals surface area contributed by atoms with Crippen molar-refractivity contribution in [3.63, 3.8) is 0 Å². The van der Waals surface area contributed by atoms with Crippen molar-refractivity contribution in [2.75, 3.05) is 0 Å². The lowest BCUT2D eigenvalue weighted by molar-refractivity contribution is 0.441. The van der Waals surface area contributed by atoms with Crippen molar-refractivity contribution in [1.29, 1.82) is 10.5 Å². The summed E-state index contributed by atoms with van der Waals surface area (Å²) in [4.78, 5) is 0. The SMILES string of the molecule is CCCCCC[C@@](C#N)(CCC#N)c1ccccc1. The molecule has 0 aliphatic carbocycles. The van der Waals surface area contributed by atoms with E-state index in [1.54, 1.807) is 0 Å². The van der Waals surface area contributed by atoms with Gasteiger partial charge in [0.25, 0.3) is 0 Å². The number of rotatable bonds is 8. The Morgan fingerprint density at radius 2 is 1.74 bits per heavy atom. The lowest BCUT2D eigenvalue weighted by Gasteiger charge is -2.26. The first-order chi connectivity index (χ1) is 9.29. The highest BCUT2D eigenvalue weighted by atomic mass is 14.4. The summed E-state index contributed by atoms with van der Waals surface area (Å²) in [7, 11) is 0. The molecule has 0 aliphatic rings. The number of nitriles is 2. The molecule has 1 rings (SSSR count). The Morgan fingerprint density at radius 1 is 1.00 bits per heavy atom. The van der Waals surface area contributed by atoms with Gasteiger partial charge in [-0.1, -0.05) is 62.9 Å². The maximum Gasteiger partial charge on any atom is 0.0832 e. The highest BCUT2D eigenvalue weighted by Crippen LogP contribution is 2.34. The quantitative estimate of drug-likeness (QED) is 0.630. The third kappa shape index (κ3) is 4.42. The number of nitrogens with zero attached hydrogens (tertiary/aromatic N) is 2. The normalized spacial score (nSPS) is 13.2. The van der Waals surface area contributed by atoms with Crippen LogP contribution in [-0.2, 0) is 5.41 Å². The van der Waals surface area contributed by atoms with Crippen molar-refractivity contribution in [2.45, 2.75) is 57.3 Å². The van der Waals surface area contributed by atoms with Crippen molar-refractivity contribution < 1.29 is 0 Å². The van der Waals surface area contributed by atoms with Crippen molar-refractivity contribution in [3.8, 4) is 12.1 Å². The molecule has 1 aromatic rings. The van der Waals surface area contributed by atoms with Gasteiger partial charge < -0.3 is 0 Å². The zero-order valence-corrected chi connectivity index (χ0v) is 11.7. The molecule has 0 fully saturated rings. The Kier molecular flexibility index (Phi) is 6.69.